The summed E-state index contributed by atoms with van der Waals surface area (Å²) in [5.74, 6) is -0.449. The molecule has 0 spiro atoms. The largest absolute Gasteiger partial charge is 0.465 e. The summed E-state index contributed by atoms with van der Waals surface area (Å²) in [4.78, 5) is 23.6. The molecule has 5 nitrogen and oxygen atoms in total. The standard InChI is InChI=1S/C14H18N2O3/c1-9-10(14(18)19-2)5-3-6-11(9)16-13(17)12-7-4-8-15-12/h3,5-6,12,15H,4,7-8H2,1-2H3,(H,16,17). The lowest BCUT2D eigenvalue weighted by Crippen LogP contribution is -2.35. The highest BCUT2D eigenvalue weighted by atomic mass is 16.5. The fraction of sp³-hybridized carbons (Fsp3) is 0.429. The molecule has 1 saturated heterocycles. The van der Waals surface area contributed by atoms with Gasteiger partial charge in [-0.1, -0.05) is 6.07 Å². The molecule has 1 unspecified atom stereocenters. The summed E-state index contributed by atoms with van der Waals surface area (Å²) < 4.78 is 4.71. The number of esters is 1. The predicted molar refractivity (Wildman–Crippen MR) is 72.2 cm³/mol. The molecule has 0 saturated carbocycles. The molecule has 1 aliphatic heterocycles. The van der Waals surface area contributed by atoms with Gasteiger partial charge in [-0.25, -0.2) is 4.79 Å². The summed E-state index contributed by atoms with van der Waals surface area (Å²) in [6, 6.07) is 5.07. The van der Waals surface area contributed by atoms with Crippen LogP contribution in [0.1, 0.15) is 28.8 Å². The number of anilines is 1. The average Bonchev–Trinajstić information content (AvgIpc) is 2.94. The Morgan fingerprint density at radius 2 is 2.21 bits per heavy atom. The number of amides is 1. The second kappa shape index (κ2) is 5.84. The van der Waals surface area contributed by atoms with Crippen LogP contribution in [-0.4, -0.2) is 31.6 Å². The van der Waals surface area contributed by atoms with Gasteiger partial charge in [-0.3, -0.25) is 4.79 Å². The van der Waals surface area contributed by atoms with Gasteiger partial charge in [0.25, 0.3) is 0 Å². The molecule has 2 rings (SSSR count). The minimum Gasteiger partial charge on any atom is -0.465 e. The number of ether oxygens (including phenoxy) is 1. The Bertz CT molecular complexity index is 493. The number of rotatable bonds is 3. The van der Waals surface area contributed by atoms with E-state index in [4.69, 9.17) is 4.74 Å². The van der Waals surface area contributed by atoms with Gasteiger partial charge in [-0.05, 0) is 44.0 Å². The van der Waals surface area contributed by atoms with E-state index in [1.54, 1.807) is 25.1 Å². The molecular formula is C14H18N2O3. The monoisotopic (exact) mass is 262 g/mol. The highest BCUT2D eigenvalue weighted by Crippen LogP contribution is 2.20. The Labute approximate surface area is 112 Å². The predicted octanol–water partition coefficient (Wildman–Crippen LogP) is 1.47. The third-order valence-electron chi connectivity index (χ3n) is 3.37. The maximum atomic E-state index is 12.0. The fourth-order valence-corrected chi connectivity index (χ4v) is 2.23. The zero-order valence-electron chi connectivity index (χ0n) is 11.2. The summed E-state index contributed by atoms with van der Waals surface area (Å²) in [7, 11) is 1.34. The van der Waals surface area contributed by atoms with Crippen molar-refractivity contribution in [3.63, 3.8) is 0 Å². The lowest BCUT2D eigenvalue weighted by Gasteiger charge is -2.14. The number of hydrogen-bond donors (Lipinski definition) is 2. The van der Waals surface area contributed by atoms with Crippen molar-refractivity contribution < 1.29 is 14.3 Å². The van der Waals surface area contributed by atoms with Crippen LogP contribution in [0, 0.1) is 6.92 Å². The van der Waals surface area contributed by atoms with Crippen molar-refractivity contribution >= 4 is 17.6 Å². The lowest BCUT2D eigenvalue weighted by molar-refractivity contribution is -0.117. The van der Waals surface area contributed by atoms with Crippen LogP contribution in [-0.2, 0) is 9.53 Å². The van der Waals surface area contributed by atoms with E-state index in [0.717, 1.165) is 24.9 Å². The number of nitrogens with one attached hydrogen (secondary N) is 2. The Balaban J connectivity index is 2.16. The van der Waals surface area contributed by atoms with Crippen LogP contribution in [0.15, 0.2) is 18.2 Å². The number of methoxy groups -OCH3 is 1. The van der Waals surface area contributed by atoms with Gasteiger partial charge in [0, 0.05) is 5.69 Å². The first-order chi connectivity index (χ1) is 9.13. The highest BCUT2D eigenvalue weighted by Gasteiger charge is 2.23. The van der Waals surface area contributed by atoms with Gasteiger partial charge < -0.3 is 15.4 Å². The normalized spacial score (nSPS) is 18.1. The van der Waals surface area contributed by atoms with Crippen molar-refractivity contribution in [3.05, 3.63) is 29.3 Å². The van der Waals surface area contributed by atoms with Gasteiger partial charge in [0.05, 0.1) is 18.7 Å². The lowest BCUT2D eigenvalue weighted by atomic mass is 10.1. The van der Waals surface area contributed by atoms with Gasteiger partial charge in [0.15, 0.2) is 0 Å². The Hall–Kier alpha value is -1.88. The van der Waals surface area contributed by atoms with Gasteiger partial charge in [0.1, 0.15) is 0 Å². The average molecular weight is 262 g/mol. The summed E-state index contributed by atoms with van der Waals surface area (Å²) in [6.07, 6.45) is 1.86. The first-order valence-electron chi connectivity index (χ1n) is 6.35. The number of benzene rings is 1. The molecule has 0 aliphatic carbocycles. The van der Waals surface area contributed by atoms with Gasteiger partial charge in [-0.2, -0.15) is 0 Å². The van der Waals surface area contributed by atoms with Gasteiger partial charge in [-0.15, -0.1) is 0 Å². The molecule has 1 atom stereocenters. The summed E-state index contributed by atoms with van der Waals surface area (Å²) in [5, 5.41) is 6.00. The van der Waals surface area contributed by atoms with Crippen LogP contribution < -0.4 is 10.6 Å². The summed E-state index contributed by atoms with van der Waals surface area (Å²) in [5.41, 5.74) is 1.85. The second-order valence-corrected chi connectivity index (χ2v) is 4.61. The maximum absolute atomic E-state index is 12.0. The quantitative estimate of drug-likeness (QED) is 0.810. The topological polar surface area (TPSA) is 67.4 Å². The van der Waals surface area contributed by atoms with Crippen molar-refractivity contribution in [2.24, 2.45) is 0 Å². The van der Waals surface area contributed by atoms with E-state index < -0.39 is 5.97 Å². The van der Waals surface area contributed by atoms with E-state index in [9.17, 15) is 9.59 Å². The zero-order valence-corrected chi connectivity index (χ0v) is 11.2. The van der Waals surface area contributed by atoms with Crippen LogP contribution >= 0.6 is 0 Å². The molecule has 0 bridgehead atoms. The molecule has 1 heterocycles. The molecule has 1 aliphatic rings. The fourth-order valence-electron chi connectivity index (χ4n) is 2.23. The molecule has 0 aromatic heterocycles. The van der Waals surface area contributed by atoms with Crippen molar-refractivity contribution in [2.45, 2.75) is 25.8 Å². The Morgan fingerprint density at radius 1 is 1.42 bits per heavy atom. The van der Waals surface area contributed by atoms with Crippen molar-refractivity contribution in [2.75, 3.05) is 19.0 Å². The smallest absolute Gasteiger partial charge is 0.338 e. The zero-order chi connectivity index (χ0) is 13.8. The van der Waals surface area contributed by atoms with E-state index >= 15 is 0 Å². The van der Waals surface area contributed by atoms with Crippen LogP contribution in [0.4, 0.5) is 5.69 Å². The third-order valence-corrected chi connectivity index (χ3v) is 3.37. The van der Waals surface area contributed by atoms with Crippen LogP contribution in [0.25, 0.3) is 0 Å². The molecule has 2 N–H and O–H groups in total. The minimum atomic E-state index is -0.396. The third kappa shape index (κ3) is 2.93. The highest BCUT2D eigenvalue weighted by molar-refractivity contribution is 5.98. The number of carbonyl (C=O) groups excluding carboxylic acids is 2. The summed E-state index contributed by atoms with van der Waals surface area (Å²) in [6.45, 7) is 2.67. The van der Waals surface area contributed by atoms with Crippen LogP contribution in [0.5, 0.6) is 0 Å². The molecular weight excluding hydrogens is 244 g/mol. The first kappa shape index (κ1) is 13.5. The van der Waals surface area contributed by atoms with Crippen molar-refractivity contribution in [3.8, 4) is 0 Å². The molecule has 19 heavy (non-hydrogen) atoms. The molecule has 5 heteroatoms. The number of carbonyl (C=O) groups is 2. The number of hydrogen-bond acceptors (Lipinski definition) is 4. The van der Waals surface area contributed by atoms with Crippen molar-refractivity contribution in [1.29, 1.82) is 0 Å². The van der Waals surface area contributed by atoms with E-state index in [-0.39, 0.29) is 11.9 Å². The molecule has 0 radical (unpaired) electrons. The molecule has 102 valence electrons. The summed E-state index contributed by atoms with van der Waals surface area (Å²) >= 11 is 0. The van der Waals surface area contributed by atoms with Gasteiger partial charge >= 0.3 is 5.97 Å². The Morgan fingerprint density at radius 3 is 2.84 bits per heavy atom. The maximum Gasteiger partial charge on any atom is 0.338 e. The van der Waals surface area contributed by atoms with E-state index in [2.05, 4.69) is 10.6 Å². The Kier molecular flexibility index (Phi) is 4.16. The van der Waals surface area contributed by atoms with E-state index in [0.29, 0.717) is 11.3 Å². The minimum absolute atomic E-state index is 0.0531. The SMILES string of the molecule is COC(=O)c1cccc(NC(=O)C2CCCN2)c1C. The second-order valence-electron chi connectivity index (χ2n) is 4.61. The van der Waals surface area contributed by atoms with Crippen LogP contribution in [0.3, 0.4) is 0 Å². The molecule has 1 amide bonds. The molecule has 1 aromatic carbocycles. The van der Waals surface area contributed by atoms with E-state index in [1.165, 1.54) is 7.11 Å². The molecule has 1 aromatic rings. The van der Waals surface area contributed by atoms with Gasteiger partial charge in [0.2, 0.25) is 5.91 Å². The van der Waals surface area contributed by atoms with Crippen LogP contribution in [0.2, 0.25) is 0 Å². The molecule has 1 fully saturated rings. The van der Waals surface area contributed by atoms with Crippen molar-refractivity contribution in [1.82, 2.24) is 5.32 Å². The van der Waals surface area contributed by atoms with E-state index in [1.807, 2.05) is 0 Å². The first-order valence-corrected chi connectivity index (χ1v) is 6.35.